The van der Waals surface area contributed by atoms with Gasteiger partial charge >= 0.3 is 0 Å². The number of hydrogen-bond donors (Lipinski definition) is 2. The minimum absolute atomic E-state index is 0.102. The van der Waals surface area contributed by atoms with Crippen LogP contribution in [0.3, 0.4) is 0 Å². The lowest BCUT2D eigenvalue weighted by Gasteiger charge is -2.50. The number of anilines is 3. The third-order valence-corrected chi connectivity index (χ3v) is 13.7. The number of phenolic OH excluding ortho intramolecular Hbond substituents is 1. The zero-order chi connectivity index (χ0) is 44.5. The highest BCUT2D eigenvalue weighted by molar-refractivity contribution is 6.36. The minimum Gasteiger partial charge on any atom is -0.507 e. The van der Waals surface area contributed by atoms with Gasteiger partial charge in [0.1, 0.15) is 11.5 Å². The molecule has 0 aromatic heterocycles. The average molecular weight is 884 g/mol. The van der Waals surface area contributed by atoms with Crippen molar-refractivity contribution < 1.29 is 29.0 Å². The van der Waals surface area contributed by atoms with E-state index in [1.165, 1.54) is 11.0 Å². The fourth-order valence-corrected chi connectivity index (χ4v) is 10.7. The van der Waals surface area contributed by atoms with Crippen molar-refractivity contribution in [1.82, 2.24) is 5.01 Å². The Hall–Kier alpha value is -6.50. The molecule has 320 valence electrons. The molecule has 5 aromatic rings. The van der Waals surface area contributed by atoms with Crippen LogP contribution in [0, 0.1) is 37.5 Å². The van der Waals surface area contributed by atoms with Crippen molar-refractivity contribution in [1.29, 1.82) is 0 Å². The largest absolute Gasteiger partial charge is 0.507 e. The van der Waals surface area contributed by atoms with Gasteiger partial charge in [0.25, 0.3) is 11.8 Å². The molecule has 2 N–H and O–H groups in total. The zero-order valence-corrected chi connectivity index (χ0v) is 36.7. The summed E-state index contributed by atoms with van der Waals surface area (Å²) in [4.78, 5) is 63.3. The number of aryl methyl sites for hydroxylation is 2. The molecule has 4 amide bonds. The lowest BCUT2D eigenvalue weighted by atomic mass is 9.49. The molecule has 12 nitrogen and oxygen atoms in total. The van der Waals surface area contributed by atoms with E-state index in [0.717, 1.165) is 16.3 Å². The van der Waals surface area contributed by atoms with Crippen molar-refractivity contribution in [3.8, 4) is 11.5 Å². The van der Waals surface area contributed by atoms with E-state index in [0.29, 0.717) is 55.8 Å². The number of carbonyl (C=O) groups excluding carboxylic acids is 4. The number of rotatable bonds is 9. The smallest absolute Gasteiger partial charge is 0.260 e. The summed E-state index contributed by atoms with van der Waals surface area (Å²) in [6, 6.07) is 30.0. The Kier molecular flexibility index (Phi) is 10.6. The summed E-state index contributed by atoms with van der Waals surface area (Å²) in [5.41, 5.74) is 7.69. The van der Waals surface area contributed by atoms with Gasteiger partial charge in [-0.3, -0.25) is 29.5 Å². The van der Waals surface area contributed by atoms with Crippen LogP contribution in [0.2, 0.25) is 10.0 Å². The van der Waals surface area contributed by atoms with Crippen LogP contribution in [0.5, 0.6) is 11.5 Å². The SMILES string of the molecule is COc1ccc([C@@]23C(=O)N(Nc4ccc(Cl)cc4Cl)C(=O)[C@@H]2C[C@@H]2C(=CC[C@@H]4C(=O)N(c5ccc(N=Nc6ccc(N(C)C)cc6)cc5)C(=O)[C@@H]42)[C@@H]3c2cc(C)c(O)c(C)c2)cc1. The predicted octanol–water partition coefficient (Wildman–Crippen LogP) is 10.00. The molecule has 2 aliphatic carbocycles. The number of hydrazine groups is 1. The highest BCUT2D eigenvalue weighted by Crippen LogP contribution is 2.64. The summed E-state index contributed by atoms with van der Waals surface area (Å²) in [7, 11) is 5.48. The molecule has 2 saturated heterocycles. The van der Waals surface area contributed by atoms with Crippen molar-refractivity contribution in [3.63, 3.8) is 0 Å². The number of azo groups is 1. The van der Waals surface area contributed by atoms with E-state index in [9.17, 15) is 14.7 Å². The second kappa shape index (κ2) is 16.0. The molecule has 3 fully saturated rings. The fraction of sp³-hybridized carbons (Fsp3) is 0.265. The average Bonchev–Trinajstić information content (AvgIpc) is 3.66. The van der Waals surface area contributed by atoms with E-state index in [1.807, 2.05) is 73.6 Å². The summed E-state index contributed by atoms with van der Waals surface area (Å²) >= 11 is 12.8. The van der Waals surface area contributed by atoms with Gasteiger partial charge in [0, 0.05) is 30.7 Å². The van der Waals surface area contributed by atoms with Crippen LogP contribution in [-0.2, 0) is 24.6 Å². The maximum Gasteiger partial charge on any atom is 0.260 e. The number of carbonyl (C=O) groups is 4. The van der Waals surface area contributed by atoms with E-state index < -0.39 is 46.8 Å². The van der Waals surface area contributed by atoms with Gasteiger partial charge in [-0.2, -0.15) is 15.2 Å². The van der Waals surface area contributed by atoms with Gasteiger partial charge in [-0.1, -0.05) is 59.1 Å². The first kappa shape index (κ1) is 41.8. The number of benzene rings is 5. The molecular weight excluding hydrogens is 839 g/mol. The summed E-state index contributed by atoms with van der Waals surface area (Å²) in [5, 5.41) is 21.3. The Morgan fingerprint density at radius 1 is 0.794 bits per heavy atom. The van der Waals surface area contributed by atoms with Gasteiger partial charge in [0.2, 0.25) is 11.8 Å². The minimum atomic E-state index is -1.54. The van der Waals surface area contributed by atoms with E-state index in [1.54, 1.807) is 69.5 Å². The van der Waals surface area contributed by atoms with E-state index in [-0.39, 0.29) is 35.4 Å². The van der Waals surface area contributed by atoms with Crippen LogP contribution in [0.25, 0.3) is 0 Å². The summed E-state index contributed by atoms with van der Waals surface area (Å²) < 4.78 is 5.52. The Morgan fingerprint density at radius 3 is 2.03 bits per heavy atom. The number of aromatic hydroxyl groups is 1. The first-order valence-electron chi connectivity index (χ1n) is 20.6. The molecular formula is C49H44Cl2N6O6. The van der Waals surface area contributed by atoms with E-state index in [4.69, 9.17) is 27.9 Å². The highest BCUT2D eigenvalue weighted by Gasteiger charge is 2.70. The molecule has 0 spiro atoms. The van der Waals surface area contributed by atoms with Crippen LogP contribution in [0.4, 0.5) is 28.4 Å². The first-order valence-corrected chi connectivity index (χ1v) is 21.4. The monoisotopic (exact) mass is 882 g/mol. The number of imide groups is 2. The standard InChI is InChI=1S/C49H44Cl2N6O6/c1-26-22-28(23-27(2)44(26)58)43-36-19-20-37-42(47(61)56(45(37)59)34-15-11-32(12-16-34)53-52-31-9-13-33(14-10-31)55(3)4)38(36)25-39-46(60)57(54-41-21-8-30(50)24-40(41)51)48(62)49(39,43)29-6-17-35(63-5)18-7-29/h6-19,21-24,37-39,42-43,54,58H,20,25H2,1-5H3/t37-,38+,39-,42-,43-,49+/m0/s1. The quantitative estimate of drug-likeness (QED) is 0.0846. The zero-order valence-electron chi connectivity index (χ0n) is 35.2. The number of methoxy groups -OCH3 is 1. The number of phenols is 1. The fourth-order valence-electron chi connectivity index (χ4n) is 10.2. The van der Waals surface area contributed by atoms with Crippen LogP contribution in [0.15, 0.2) is 125 Å². The topological polar surface area (TPSA) is 144 Å². The Morgan fingerprint density at radius 2 is 1.43 bits per heavy atom. The summed E-state index contributed by atoms with van der Waals surface area (Å²) in [6.07, 6.45) is 2.35. The molecule has 9 rings (SSSR count). The molecule has 1 saturated carbocycles. The van der Waals surface area contributed by atoms with E-state index in [2.05, 4.69) is 15.7 Å². The number of nitrogens with zero attached hydrogens (tertiary/aromatic N) is 5. The Labute approximate surface area is 374 Å². The third kappa shape index (κ3) is 6.83. The number of allylic oxidation sites excluding steroid dienone is 2. The van der Waals surface area contributed by atoms with Crippen molar-refractivity contribution in [2.45, 2.75) is 38.0 Å². The van der Waals surface area contributed by atoms with Crippen molar-refractivity contribution >= 4 is 75.3 Å². The van der Waals surface area contributed by atoms with Crippen LogP contribution in [0.1, 0.15) is 41.0 Å². The number of nitrogens with one attached hydrogen (secondary N) is 1. The van der Waals surface area contributed by atoms with Gasteiger partial charge in [-0.05, 0) is 134 Å². The lowest BCUT2D eigenvalue weighted by molar-refractivity contribution is -0.138. The molecule has 63 heavy (non-hydrogen) atoms. The summed E-state index contributed by atoms with van der Waals surface area (Å²) in [6.45, 7) is 3.58. The van der Waals surface area contributed by atoms with Crippen LogP contribution < -0.4 is 20.0 Å². The molecule has 2 heterocycles. The number of fused-ring (bicyclic) bond motifs is 4. The third-order valence-electron chi connectivity index (χ3n) is 13.2. The second-order valence-corrected chi connectivity index (χ2v) is 17.7. The predicted molar refractivity (Wildman–Crippen MR) is 242 cm³/mol. The molecule has 0 bridgehead atoms. The number of amides is 4. The second-order valence-electron chi connectivity index (χ2n) is 16.9. The Balaban J connectivity index is 1.13. The number of hydrogen-bond acceptors (Lipinski definition) is 10. The van der Waals surface area contributed by atoms with E-state index >= 15 is 9.59 Å². The molecule has 0 unspecified atom stereocenters. The molecule has 0 radical (unpaired) electrons. The number of ether oxygens (including phenoxy) is 1. The maximum absolute atomic E-state index is 15.6. The lowest BCUT2D eigenvalue weighted by Crippen LogP contribution is -2.53. The van der Waals surface area contributed by atoms with Gasteiger partial charge < -0.3 is 14.7 Å². The van der Waals surface area contributed by atoms with Crippen molar-refractivity contribution in [3.05, 3.63) is 147 Å². The maximum atomic E-state index is 15.6. The molecule has 5 aromatic carbocycles. The number of halogens is 2. The van der Waals surface area contributed by atoms with Crippen LogP contribution in [-0.4, -0.2) is 54.9 Å². The molecule has 4 aliphatic rings. The Bertz CT molecular complexity index is 2730. The van der Waals surface area contributed by atoms with Crippen molar-refractivity contribution in [2.75, 3.05) is 36.4 Å². The highest BCUT2D eigenvalue weighted by atomic mass is 35.5. The van der Waals surface area contributed by atoms with Crippen LogP contribution >= 0.6 is 23.2 Å². The first-order chi connectivity index (χ1) is 30.2. The van der Waals surface area contributed by atoms with Gasteiger partial charge in [0.15, 0.2) is 0 Å². The molecule has 2 aliphatic heterocycles. The summed E-state index contributed by atoms with van der Waals surface area (Å²) in [5.74, 6) is -4.93. The molecule has 6 atom stereocenters. The van der Waals surface area contributed by atoms with Gasteiger partial charge in [0.05, 0.1) is 58.1 Å². The van der Waals surface area contributed by atoms with Crippen molar-refractivity contribution in [2.24, 2.45) is 33.9 Å². The van der Waals surface area contributed by atoms with Gasteiger partial charge in [-0.15, -0.1) is 0 Å². The normalized spacial score (nSPS) is 24.0. The molecule has 14 heteroatoms. The van der Waals surface area contributed by atoms with Gasteiger partial charge in [-0.25, -0.2) is 0 Å².